The average Bonchev–Trinajstić information content (AvgIpc) is 2.45. The summed E-state index contributed by atoms with van der Waals surface area (Å²) in [6, 6.07) is 3.46. The zero-order valence-electron chi connectivity index (χ0n) is 10.6. The Bertz CT molecular complexity index is 403. The van der Waals surface area contributed by atoms with E-state index in [4.69, 9.17) is 4.74 Å². The van der Waals surface area contributed by atoms with Gasteiger partial charge >= 0.3 is 0 Å². The number of methoxy groups -OCH3 is 1. The van der Waals surface area contributed by atoms with Crippen LogP contribution in [0.1, 0.15) is 23.2 Å². The van der Waals surface area contributed by atoms with Gasteiger partial charge in [0, 0.05) is 12.7 Å². The Labute approximate surface area is 107 Å². The predicted octanol–water partition coefficient (Wildman–Crippen LogP) is 0.820. The van der Waals surface area contributed by atoms with Crippen molar-refractivity contribution in [1.29, 1.82) is 0 Å². The number of pyridine rings is 1. The minimum absolute atomic E-state index is 0.120. The first-order chi connectivity index (χ1) is 8.81. The number of rotatable bonds is 4. The average molecular weight is 249 g/mol. The number of ether oxygens (including phenoxy) is 1. The van der Waals surface area contributed by atoms with Crippen LogP contribution in [-0.2, 0) is 0 Å². The van der Waals surface area contributed by atoms with Gasteiger partial charge in [-0.3, -0.25) is 4.79 Å². The lowest BCUT2D eigenvalue weighted by atomic mass is 10.00. The molecule has 98 valence electrons. The molecule has 0 aromatic carbocycles. The summed E-state index contributed by atoms with van der Waals surface area (Å²) >= 11 is 0. The Morgan fingerprint density at radius 1 is 1.67 bits per heavy atom. The minimum Gasteiger partial charge on any atom is -0.480 e. The van der Waals surface area contributed by atoms with Crippen LogP contribution in [0.15, 0.2) is 18.3 Å². The fourth-order valence-corrected chi connectivity index (χ4v) is 2.16. The van der Waals surface area contributed by atoms with Gasteiger partial charge < -0.3 is 15.4 Å². The SMILES string of the molecule is COc1ncccc1C(=O)NCC1CCCNC1. The number of carbonyl (C=O) groups excluding carboxylic acids is 1. The number of hydrogen-bond donors (Lipinski definition) is 2. The standard InChI is InChI=1S/C13H19N3O2/c1-18-13-11(5-3-7-15-13)12(17)16-9-10-4-2-6-14-8-10/h3,5,7,10,14H,2,4,6,8-9H2,1H3,(H,16,17). The number of amides is 1. The second kappa shape index (κ2) is 6.35. The highest BCUT2D eigenvalue weighted by Gasteiger charge is 2.16. The zero-order valence-corrected chi connectivity index (χ0v) is 10.6. The molecule has 0 spiro atoms. The molecule has 0 aliphatic carbocycles. The van der Waals surface area contributed by atoms with E-state index in [-0.39, 0.29) is 5.91 Å². The normalized spacial score (nSPS) is 19.3. The van der Waals surface area contributed by atoms with E-state index in [0.29, 0.717) is 23.9 Å². The van der Waals surface area contributed by atoms with E-state index in [1.54, 1.807) is 18.3 Å². The smallest absolute Gasteiger partial charge is 0.256 e. The van der Waals surface area contributed by atoms with Crippen LogP contribution in [0, 0.1) is 5.92 Å². The topological polar surface area (TPSA) is 63.2 Å². The summed E-state index contributed by atoms with van der Waals surface area (Å²) in [5.41, 5.74) is 0.490. The van der Waals surface area contributed by atoms with Crippen molar-refractivity contribution in [2.24, 2.45) is 5.92 Å². The number of hydrogen-bond acceptors (Lipinski definition) is 4. The van der Waals surface area contributed by atoms with Gasteiger partial charge in [0.05, 0.1) is 7.11 Å². The maximum atomic E-state index is 12.0. The Hall–Kier alpha value is -1.62. The first kappa shape index (κ1) is 12.8. The maximum Gasteiger partial charge on any atom is 0.256 e. The van der Waals surface area contributed by atoms with Crippen LogP contribution in [0.3, 0.4) is 0 Å². The molecule has 0 bridgehead atoms. The summed E-state index contributed by atoms with van der Waals surface area (Å²) in [6.07, 6.45) is 3.95. The molecule has 0 radical (unpaired) electrons. The van der Waals surface area contributed by atoms with Gasteiger partial charge in [-0.15, -0.1) is 0 Å². The quantitative estimate of drug-likeness (QED) is 0.829. The summed E-state index contributed by atoms with van der Waals surface area (Å²) in [7, 11) is 1.52. The largest absolute Gasteiger partial charge is 0.480 e. The molecule has 18 heavy (non-hydrogen) atoms. The molecule has 1 fully saturated rings. The molecule has 5 nitrogen and oxygen atoms in total. The molecule has 0 saturated carbocycles. The van der Waals surface area contributed by atoms with Crippen LogP contribution >= 0.6 is 0 Å². The minimum atomic E-state index is -0.120. The number of piperidine rings is 1. The fraction of sp³-hybridized carbons (Fsp3) is 0.538. The summed E-state index contributed by atoms with van der Waals surface area (Å²) in [6.45, 7) is 2.76. The molecule has 1 aromatic rings. The second-order valence-corrected chi connectivity index (χ2v) is 4.48. The van der Waals surface area contributed by atoms with Crippen LogP contribution in [0.5, 0.6) is 5.88 Å². The van der Waals surface area contributed by atoms with Crippen molar-refractivity contribution in [2.75, 3.05) is 26.7 Å². The van der Waals surface area contributed by atoms with Crippen molar-refractivity contribution >= 4 is 5.91 Å². The van der Waals surface area contributed by atoms with Crippen LogP contribution in [-0.4, -0.2) is 37.6 Å². The molecule has 1 saturated heterocycles. The highest BCUT2D eigenvalue weighted by molar-refractivity contribution is 5.96. The van der Waals surface area contributed by atoms with E-state index in [1.807, 2.05) is 0 Å². The van der Waals surface area contributed by atoms with Crippen molar-refractivity contribution in [2.45, 2.75) is 12.8 Å². The van der Waals surface area contributed by atoms with Gasteiger partial charge in [-0.1, -0.05) is 0 Å². The Morgan fingerprint density at radius 2 is 2.56 bits per heavy atom. The van der Waals surface area contributed by atoms with Crippen LogP contribution < -0.4 is 15.4 Å². The third kappa shape index (κ3) is 3.20. The molecule has 1 atom stereocenters. The molecule has 1 amide bonds. The molecule has 1 unspecified atom stereocenters. The molecule has 5 heteroatoms. The van der Waals surface area contributed by atoms with E-state index >= 15 is 0 Å². The van der Waals surface area contributed by atoms with Crippen LogP contribution in [0.4, 0.5) is 0 Å². The number of carbonyl (C=O) groups is 1. The molecular formula is C13H19N3O2. The second-order valence-electron chi connectivity index (χ2n) is 4.48. The van der Waals surface area contributed by atoms with Crippen molar-refractivity contribution in [3.8, 4) is 5.88 Å². The lowest BCUT2D eigenvalue weighted by Crippen LogP contribution is -2.38. The van der Waals surface area contributed by atoms with Crippen molar-refractivity contribution in [1.82, 2.24) is 15.6 Å². The van der Waals surface area contributed by atoms with E-state index in [2.05, 4.69) is 15.6 Å². The van der Waals surface area contributed by atoms with Gasteiger partial charge in [-0.25, -0.2) is 4.98 Å². The number of nitrogens with zero attached hydrogens (tertiary/aromatic N) is 1. The lowest BCUT2D eigenvalue weighted by Gasteiger charge is -2.22. The van der Waals surface area contributed by atoms with Gasteiger partial charge in [-0.05, 0) is 44.0 Å². The Morgan fingerprint density at radius 3 is 3.28 bits per heavy atom. The molecule has 1 aliphatic rings. The molecule has 2 N–H and O–H groups in total. The Kier molecular flexibility index (Phi) is 4.52. The predicted molar refractivity (Wildman–Crippen MR) is 68.7 cm³/mol. The van der Waals surface area contributed by atoms with Gasteiger partial charge in [0.15, 0.2) is 0 Å². The van der Waals surface area contributed by atoms with Crippen molar-refractivity contribution < 1.29 is 9.53 Å². The monoisotopic (exact) mass is 249 g/mol. The fourth-order valence-electron chi connectivity index (χ4n) is 2.16. The first-order valence-electron chi connectivity index (χ1n) is 6.29. The summed E-state index contributed by atoms with van der Waals surface area (Å²) in [5.74, 6) is 0.771. The van der Waals surface area contributed by atoms with E-state index in [9.17, 15) is 4.79 Å². The Balaban J connectivity index is 1.90. The molecule has 2 rings (SSSR count). The van der Waals surface area contributed by atoms with Crippen molar-refractivity contribution in [3.05, 3.63) is 23.9 Å². The first-order valence-corrected chi connectivity index (χ1v) is 6.29. The molecule has 1 aromatic heterocycles. The molecule has 2 heterocycles. The van der Waals surface area contributed by atoms with Gasteiger partial charge in [0.25, 0.3) is 5.91 Å². The number of aromatic nitrogens is 1. The van der Waals surface area contributed by atoms with Gasteiger partial charge in [0.2, 0.25) is 5.88 Å². The summed E-state index contributed by atoms with van der Waals surface area (Å²) in [5, 5.41) is 6.28. The third-order valence-electron chi connectivity index (χ3n) is 3.16. The summed E-state index contributed by atoms with van der Waals surface area (Å²) in [4.78, 5) is 16.0. The lowest BCUT2D eigenvalue weighted by molar-refractivity contribution is 0.0941. The molecule has 1 aliphatic heterocycles. The van der Waals surface area contributed by atoms with Gasteiger partial charge in [0.1, 0.15) is 5.56 Å². The zero-order chi connectivity index (χ0) is 12.8. The van der Waals surface area contributed by atoms with E-state index < -0.39 is 0 Å². The van der Waals surface area contributed by atoms with E-state index in [0.717, 1.165) is 19.5 Å². The van der Waals surface area contributed by atoms with E-state index in [1.165, 1.54) is 13.5 Å². The maximum absolute atomic E-state index is 12.0. The summed E-state index contributed by atoms with van der Waals surface area (Å²) < 4.78 is 5.07. The third-order valence-corrected chi connectivity index (χ3v) is 3.16. The van der Waals surface area contributed by atoms with Crippen LogP contribution in [0.2, 0.25) is 0 Å². The van der Waals surface area contributed by atoms with Crippen LogP contribution in [0.25, 0.3) is 0 Å². The molecular weight excluding hydrogens is 230 g/mol. The number of nitrogens with one attached hydrogen (secondary N) is 2. The van der Waals surface area contributed by atoms with Crippen molar-refractivity contribution in [3.63, 3.8) is 0 Å². The highest BCUT2D eigenvalue weighted by atomic mass is 16.5. The highest BCUT2D eigenvalue weighted by Crippen LogP contribution is 2.14. The van der Waals surface area contributed by atoms with Gasteiger partial charge in [-0.2, -0.15) is 0 Å².